The van der Waals surface area contributed by atoms with E-state index in [1.54, 1.807) is 0 Å². The lowest BCUT2D eigenvalue weighted by molar-refractivity contribution is 0.103. The van der Waals surface area contributed by atoms with Crippen LogP contribution >= 0.6 is 0 Å². The van der Waals surface area contributed by atoms with Gasteiger partial charge in [0.15, 0.2) is 5.78 Å². The van der Waals surface area contributed by atoms with E-state index in [1.807, 2.05) is 43.3 Å². The number of ether oxygens (including phenoxy) is 1. The maximum atomic E-state index is 12.5. The molecule has 96 valence electrons. The van der Waals surface area contributed by atoms with Crippen LogP contribution in [0.1, 0.15) is 32.6 Å². The van der Waals surface area contributed by atoms with Crippen molar-refractivity contribution in [3.8, 4) is 0 Å². The van der Waals surface area contributed by atoms with E-state index in [1.165, 1.54) is 5.56 Å². The van der Waals surface area contributed by atoms with Crippen molar-refractivity contribution in [2.45, 2.75) is 20.1 Å². The fraction of sp³-hybridized carbons (Fsp3) is 0.188. The van der Waals surface area contributed by atoms with E-state index in [0.717, 1.165) is 11.1 Å². The fourth-order valence-corrected chi connectivity index (χ4v) is 2.37. The molecule has 3 rings (SSSR count). The SMILES string of the molecule is Cc1c(N)cccc1C(=O)c1ccc2c(c1)COC2. The molecule has 0 saturated heterocycles. The number of carbonyl (C=O) groups is 1. The Balaban J connectivity index is 2.02. The number of nitrogen functional groups attached to an aromatic ring is 1. The van der Waals surface area contributed by atoms with Crippen LogP contribution in [0.4, 0.5) is 5.69 Å². The van der Waals surface area contributed by atoms with E-state index in [2.05, 4.69) is 0 Å². The molecule has 0 bridgehead atoms. The van der Waals surface area contributed by atoms with Gasteiger partial charge in [0.25, 0.3) is 0 Å². The number of hydrogen-bond acceptors (Lipinski definition) is 3. The molecule has 0 spiro atoms. The molecule has 19 heavy (non-hydrogen) atoms. The Morgan fingerprint density at radius 1 is 1.16 bits per heavy atom. The number of hydrogen-bond donors (Lipinski definition) is 1. The second kappa shape index (κ2) is 4.52. The average molecular weight is 253 g/mol. The van der Waals surface area contributed by atoms with Crippen molar-refractivity contribution in [3.05, 3.63) is 64.2 Å². The highest BCUT2D eigenvalue weighted by atomic mass is 16.5. The smallest absolute Gasteiger partial charge is 0.193 e. The van der Waals surface area contributed by atoms with Crippen molar-refractivity contribution < 1.29 is 9.53 Å². The minimum atomic E-state index is 0.0134. The number of benzene rings is 2. The van der Waals surface area contributed by atoms with E-state index in [-0.39, 0.29) is 5.78 Å². The Bertz CT molecular complexity index is 662. The molecule has 0 radical (unpaired) electrons. The van der Waals surface area contributed by atoms with Crippen LogP contribution in [0.2, 0.25) is 0 Å². The Labute approximate surface area is 112 Å². The van der Waals surface area contributed by atoms with Crippen molar-refractivity contribution in [2.24, 2.45) is 0 Å². The first kappa shape index (κ1) is 11.9. The zero-order valence-corrected chi connectivity index (χ0v) is 10.8. The molecule has 0 saturated carbocycles. The summed E-state index contributed by atoms with van der Waals surface area (Å²) in [5.41, 5.74) is 11.0. The largest absolute Gasteiger partial charge is 0.398 e. The monoisotopic (exact) mass is 253 g/mol. The van der Waals surface area contributed by atoms with E-state index >= 15 is 0 Å². The van der Waals surface area contributed by atoms with Crippen molar-refractivity contribution in [2.75, 3.05) is 5.73 Å². The van der Waals surface area contributed by atoms with Gasteiger partial charge in [-0.25, -0.2) is 0 Å². The van der Waals surface area contributed by atoms with Gasteiger partial charge in [0.2, 0.25) is 0 Å². The third-order valence-electron chi connectivity index (χ3n) is 3.60. The summed E-state index contributed by atoms with van der Waals surface area (Å²) in [6.45, 7) is 3.10. The molecular formula is C16H15NO2. The second-order valence-corrected chi connectivity index (χ2v) is 4.83. The lowest BCUT2D eigenvalue weighted by Gasteiger charge is -2.08. The Hall–Kier alpha value is -2.13. The van der Waals surface area contributed by atoms with Gasteiger partial charge in [0.1, 0.15) is 0 Å². The maximum Gasteiger partial charge on any atom is 0.193 e. The number of rotatable bonds is 2. The number of carbonyl (C=O) groups excluding carboxylic acids is 1. The lowest BCUT2D eigenvalue weighted by atomic mass is 9.96. The normalized spacial score (nSPS) is 13.3. The quantitative estimate of drug-likeness (QED) is 0.661. The number of fused-ring (bicyclic) bond motifs is 1. The molecule has 2 aromatic rings. The second-order valence-electron chi connectivity index (χ2n) is 4.83. The molecule has 2 N–H and O–H groups in total. The van der Waals surface area contributed by atoms with Crippen LogP contribution in [0.5, 0.6) is 0 Å². The van der Waals surface area contributed by atoms with Gasteiger partial charge >= 0.3 is 0 Å². The first-order chi connectivity index (χ1) is 9.16. The number of anilines is 1. The minimum Gasteiger partial charge on any atom is -0.398 e. The van der Waals surface area contributed by atoms with Crippen LogP contribution in [0.3, 0.4) is 0 Å². The predicted molar refractivity (Wildman–Crippen MR) is 74.0 cm³/mol. The van der Waals surface area contributed by atoms with Crippen LogP contribution in [0.15, 0.2) is 36.4 Å². The van der Waals surface area contributed by atoms with Gasteiger partial charge in [-0.3, -0.25) is 4.79 Å². The van der Waals surface area contributed by atoms with E-state index in [4.69, 9.17) is 10.5 Å². The molecule has 2 aromatic carbocycles. The van der Waals surface area contributed by atoms with Gasteiger partial charge in [-0.1, -0.05) is 24.3 Å². The van der Waals surface area contributed by atoms with E-state index in [0.29, 0.717) is 30.0 Å². The first-order valence-electron chi connectivity index (χ1n) is 6.26. The van der Waals surface area contributed by atoms with Crippen molar-refractivity contribution >= 4 is 11.5 Å². The van der Waals surface area contributed by atoms with Crippen LogP contribution in [0.25, 0.3) is 0 Å². The van der Waals surface area contributed by atoms with Gasteiger partial charge in [-0.2, -0.15) is 0 Å². The highest BCUT2D eigenvalue weighted by Crippen LogP contribution is 2.24. The van der Waals surface area contributed by atoms with Crippen LogP contribution in [0, 0.1) is 6.92 Å². The zero-order chi connectivity index (χ0) is 13.4. The van der Waals surface area contributed by atoms with Gasteiger partial charge in [-0.05, 0) is 35.7 Å². The number of nitrogens with two attached hydrogens (primary N) is 1. The molecule has 0 amide bonds. The minimum absolute atomic E-state index is 0.0134. The van der Waals surface area contributed by atoms with Gasteiger partial charge in [0, 0.05) is 16.8 Å². The Kier molecular flexibility index (Phi) is 2.84. The zero-order valence-electron chi connectivity index (χ0n) is 10.8. The summed E-state index contributed by atoms with van der Waals surface area (Å²) in [5.74, 6) is 0.0134. The topological polar surface area (TPSA) is 52.3 Å². The third kappa shape index (κ3) is 2.02. The Morgan fingerprint density at radius 2 is 1.95 bits per heavy atom. The summed E-state index contributed by atoms with van der Waals surface area (Å²) < 4.78 is 5.37. The molecule has 0 aliphatic carbocycles. The standard InChI is InChI=1S/C16H15NO2/c1-10-14(3-2-4-15(10)17)16(18)11-5-6-12-8-19-9-13(12)7-11/h2-7H,8-9,17H2,1H3. The maximum absolute atomic E-state index is 12.5. The molecule has 0 atom stereocenters. The number of ketones is 1. The molecule has 0 aromatic heterocycles. The predicted octanol–water partition coefficient (Wildman–Crippen LogP) is 2.84. The third-order valence-corrected chi connectivity index (χ3v) is 3.60. The molecule has 1 heterocycles. The summed E-state index contributed by atoms with van der Waals surface area (Å²) >= 11 is 0. The van der Waals surface area contributed by atoms with Crippen molar-refractivity contribution in [1.82, 2.24) is 0 Å². The summed E-state index contributed by atoms with van der Waals surface area (Å²) in [7, 11) is 0. The van der Waals surface area contributed by atoms with Crippen LogP contribution in [-0.2, 0) is 18.0 Å². The molecule has 1 aliphatic heterocycles. The van der Waals surface area contributed by atoms with E-state index < -0.39 is 0 Å². The summed E-state index contributed by atoms with van der Waals surface area (Å²) in [5, 5.41) is 0. The average Bonchev–Trinajstić information content (AvgIpc) is 2.88. The molecule has 0 fully saturated rings. The summed E-state index contributed by atoms with van der Waals surface area (Å²) in [6, 6.07) is 11.2. The summed E-state index contributed by atoms with van der Waals surface area (Å²) in [6.07, 6.45) is 0. The van der Waals surface area contributed by atoms with E-state index in [9.17, 15) is 4.79 Å². The highest BCUT2D eigenvalue weighted by Gasteiger charge is 2.17. The lowest BCUT2D eigenvalue weighted by Crippen LogP contribution is -2.06. The van der Waals surface area contributed by atoms with Crippen LogP contribution < -0.4 is 5.73 Å². The van der Waals surface area contributed by atoms with Gasteiger partial charge < -0.3 is 10.5 Å². The molecule has 3 nitrogen and oxygen atoms in total. The van der Waals surface area contributed by atoms with Crippen LogP contribution in [-0.4, -0.2) is 5.78 Å². The molecule has 1 aliphatic rings. The van der Waals surface area contributed by atoms with Crippen molar-refractivity contribution in [3.63, 3.8) is 0 Å². The Morgan fingerprint density at radius 3 is 2.79 bits per heavy atom. The molecular weight excluding hydrogens is 238 g/mol. The highest BCUT2D eigenvalue weighted by molar-refractivity contribution is 6.10. The first-order valence-corrected chi connectivity index (χ1v) is 6.26. The van der Waals surface area contributed by atoms with Crippen molar-refractivity contribution in [1.29, 1.82) is 0 Å². The molecule has 0 unspecified atom stereocenters. The van der Waals surface area contributed by atoms with Gasteiger partial charge in [0.05, 0.1) is 13.2 Å². The fourth-order valence-electron chi connectivity index (χ4n) is 2.37. The molecule has 3 heteroatoms. The van der Waals surface area contributed by atoms with Gasteiger partial charge in [-0.15, -0.1) is 0 Å². The summed E-state index contributed by atoms with van der Waals surface area (Å²) in [4.78, 5) is 12.5.